The van der Waals surface area contributed by atoms with Gasteiger partial charge in [0.05, 0.1) is 0 Å². The van der Waals surface area contributed by atoms with Crippen LogP contribution in [0.15, 0.2) is 24.3 Å². The van der Waals surface area contributed by atoms with Crippen LogP contribution in [-0.2, 0) is 5.72 Å². The maximum Gasteiger partial charge on any atom is 0.410 e. The molecule has 0 unspecified atom stereocenters. The Morgan fingerprint density at radius 3 is 2.25 bits per heavy atom. The number of hydrogen-bond acceptors (Lipinski definition) is 2. The number of carboxylic acid groups (broad SMARTS) is 1. The van der Waals surface area contributed by atoms with Gasteiger partial charge in [-0.3, -0.25) is 4.90 Å². The van der Waals surface area contributed by atoms with E-state index in [0.717, 1.165) is 8.47 Å². The van der Waals surface area contributed by atoms with Crippen LogP contribution in [0.5, 0.6) is 0 Å². The van der Waals surface area contributed by atoms with E-state index in [1.807, 2.05) is 32.0 Å². The first-order chi connectivity index (χ1) is 9.20. The Kier molecular flexibility index (Phi) is 5.82. The molecule has 0 heterocycles. The van der Waals surface area contributed by atoms with Crippen molar-refractivity contribution >= 4 is 28.7 Å². The number of rotatable bonds is 5. The van der Waals surface area contributed by atoms with Gasteiger partial charge in [0.1, 0.15) is 0 Å². The molecule has 2 N–H and O–H groups in total. The van der Waals surface area contributed by atoms with Crippen molar-refractivity contribution < 1.29 is 15.0 Å². The smallest absolute Gasteiger partial charge is 0.410 e. The molecule has 5 heteroatoms. The Morgan fingerprint density at radius 1 is 1.30 bits per heavy atom. The van der Waals surface area contributed by atoms with Crippen molar-refractivity contribution in [3.63, 3.8) is 0 Å². The van der Waals surface area contributed by atoms with Gasteiger partial charge in [-0.25, -0.2) is 4.79 Å². The predicted molar refractivity (Wildman–Crippen MR) is 87.5 cm³/mol. The fraction of sp³-hybridized carbons (Fsp3) is 0.533. The van der Waals surface area contributed by atoms with Gasteiger partial charge >= 0.3 is 6.09 Å². The third-order valence-corrected chi connectivity index (χ3v) is 4.06. The summed E-state index contributed by atoms with van der Waals surface area (Å²) >= 11 is 2.13. The predicted octanol–water partition coefficient (Wildman–Crippen LogP) is 3.87. The molecule has 1 rings (SSSR count). The van der Waals surface area contributed by atoms with Gasteiger partial charge in [0, 0.05) is 21.6 Å². The van der Waals surface area contributed by atoms with Crippen molar-refractivity contribution in [1.82, 2.24) is 4.90 Å². The summed E-state index contributed by atoms with van der Waals surface area (Å²) in [5.74, 6) is 0.164. The summed E-state index contributed by atoms with van der Waals surface area (Å²) in [7, 11) is 0. The third kappa shape index (κ3) is 3.63. The zero-order chi connectivity index (χ0) is 15.5. The maximum absolute atomic E-state index is 11.6. The van der Waals surface area contributed by atoms with Crippen LogP contribution in [0.1, 0.15) is 39.7 Å². The van der Waals surface area contributed by atoms with E-state index in [4.69, 9.17) is 0 Å². The quantitative estimate of drug-likeness (QED) is 0.592. The number of halogens is 1. The molecule has 1 amide bonds. The summed E-state index contributed by atoms with van der Waals surface area (Å²) in [6.45, 7) is 7.49. The molecule has 1 atom stereocenters. The number of hydrogen-bond donors (Lipinski definition) is 2. The highest BCUT2D eigenvalue weighted by atomic mass is 127. The molecule has 20 heavy (non-hydrogen) atoms. The van der Waals surface area contributed by atoms with E-state index >= 15 is 0 Å². The molecule has 0 aliphatic heterocycles. The Labute approximate surface area is 133 Å². The number of aliphatic hydroxyl groups is 1. The van der Waals surface area contributed by atoms with E-state index in [2.05, 4.69) is 22.6 Å². The molecular weight excluding hydrogens is 369 g/mol. The van der Waals surface area contributed by atoms with Crippen LogP contribution in [0.4, 0.5) is 4.79 Å². The zero-order valence-corrected chi connectivity index (χ0v) is 14.5. The van der Waals surface area contributed by atoms with E-state index in [1.165, 1.54) is 0 Å². The van der Waals surface area contributed by atoms with Gasteiger partial charge < -0.3 is 10.2 Å². The molecule has 0 radical (unpaired) electrons. The van der Waals surface area contributed by atoms with Crippen LogP contribution in [0.3, 0.4) is 0 Å². The van der Waals surface area contributed by atoms with Gasteiger partial charge in [-0.15, -0.1) is 0 Å². The summed E-state index contributed by atoms with van der Waals surface area (Å²) in [6, 6.07) is 7.06. The first-order valence-corrected chi connectivity index (χ1v) is 7.77. The fourth-order valence-electron chi connectivity index (χ4n) is 2.50. The van der Waals surface area contributed by atoms with Crippen LogP contribution in [0.25, 0.3) is 0 Å². The lowest BCUT2D eigenvalue weighted by Gasteiger charge is -2.42. The normalized spacial score (nSPS) is 14.4. The Morgan fingerprint density at radius 2 is 1.85 bits per heavy atom. The third-order valence-electron chi connectivity index (χ3n) is 3.12. The SMILES string of the molecule is CC(C)C[C@](O)(c1ccccc1I)N(C(=O)O)C(C)C. The minimum Gasteiger partial charge on any atom is -0.465 e. The van der Waals surface area contributed by atoms with Gasteiger partial charge in [-0.2, -0.15) is 0 Å². The second-order valence-electron chi connectivity index (χ2n) is 5.64. The summed E-state index contributed by atoms with van der Waals surface area (Å²) in [6.07, 6.45) is -0.750. The van der Waals surface area contributed by atoms with Crippen molar-refractivity contribution in [3.05, 3.63) is 33.4 Å². The van der Waals surface area contributed by atoms with Gasteiger partial charge in [-0.1, -0.05) is 32.0 Å². The highest BCUT2D eigenvalue weighted by Crippen LogP contribution is 2.36. The molecule has 4 nitrogen and oxygen atoms in total. The van der Waals surface area contributed by atoms with Crippen molar-refractivity contribution in [2.75, 3.05) is 0 Å². The molecule has 0 saturated carbocycles. The second-order valence-corrected chi connectivity index (χ2v) is 6.80. The summed E-state index contributed by atoms with van der Waals surface area (Å²) < 4.78 is 0.861. The van der Waals surface area contributed by atoms with Crippen LogP contribution in [-0.4, -0.2) is 27.2 Å². The lowest BCUT2D eigenvalue weighted by Crippen LogP contribution is -2.53. The van der Waals surface area contributed by atoms with Crippen molar-refractivity contribution in [2.45, 2.75) is 45.9 Å². The molecule has 1 aromatic rings. The molecule has 0 bridgehead atoms. The number of carbonyl (C=O) groups is 1. The van der Waals surface area contributed by atoms with E-state index in [9.17, 15) is 15.0 Å². The van der Waals surface area contributed by atoms with Gasteiger partial charge in [0.2, 0.25) is 0 Å². The minimum absolute atomic E-state index is 0.164. The first-order valence-electron chi connectivity index (χ1n) is 6.69. The van der Waals surface area contributed by atoms with Crippen LogP contribution in [0.2, 0.25) is 0 Å². The summed E-state index contributed by atoms with van der Waals surface area (Å²) in [5.41, 5.74) is -0.864. The zero-order valence-electron chi connectivity index (χ0n) is 12.3. The molecule has 112 valence electrons. The standard InChI is InChI=1S/C15H22INO3/c1-10(2)9-15(20,17(11(3)4)14(18)19)12-7-5-6-8-13(12)16/h5-8,10-11,20H,9H2,1-4H3,(H,18,19)/t15-/m0/s1. The largest absolute Gasteiger partial charge is 0.465 e. The van der Waals surface area contributed by atoms with Crippen molar-refractivity contribution in [2.24, 2.45) is 5.92 Å². The summed E-state index contributed by atoms with van der Waals surface area (Å²) in [4.78, 5) is 12.8. The average molecular weight is 391 g/mol. The topological polar surface area (TPSA) is 60.8 Å². The van der Waals surface area contributed by atoms with Crippen LogP contribution < -0.4 is 0 Å². The molecule has 0 aliphatic carbocycles. The minimum atomic E-state index is -1.51. The number of nitrogens with zero attached hydrogens (tertiary/aromatic N) is 1. The van der Waals surface area contributed by atoms with Crippen LogP contribution in [0, 0.1) is 9.49 Å². The van der Waals surface area contributed by atoms with E-state index in [0.29, 0.717) is 12.0 Å². The van der Waals surface area contributed by atoms with E-state index in [1.54, 1.807) is 19.9 Å². The molecule has 1 aromatic carbocycles. The average Bonchev–Trinajstić information content (AvgIpc) is 2.26. The molecular formula is C15H22INO3. The molecule has 0 aromatic heterocycles. The lowest BCUT2D eigenvalue weighted by molar-refractivity contribution is -0.125. The first kappa shape index (κ1) is 17.2. The Hall–Kier alpha value is -0.820. The molecule has 0 aliphatic rings. The molecule has 0 saturated heterocycles. The van der Waals surface area contributed by atoms with Crippen molar-refractivity contribution in [1.29, 1.82) is 0 Å². The van der Waals surface area contributed by atoms with E-state index < -0.39 is 11.8 Å². The molecule has 0 spiro atoms. The lowest BCUT2D eigenvalue weighted by atomic mass is 9.91. The highest BCUT2D eigenvalue weighted by molar-refractivity contribution is 14.1. The number of benzene rings is 1. The van der Waals surface area contributed by atoms with Crippen molar-refractivity contribution in [3.8, 4) is 0 Å². The van der Waals surface area contributed by atoms with E-state index in [-0.39, 0.29) is 12.0 Å². The Bertz CT molecular complexity index is 476. The monoisotopic (exact) mass is 391 g/mol. The Balaban J connectivity index is 3.43. The van der Waals surface area contributed by atoms with Gasteiger partial charge in [0.25, 0.3) is 0 Å². The highest BCUT2D eigenvalue weighted by Gasteiger charge is 2.42. The van der Waals surface area contributed by atoms with Gasteiger partial charge in [0.15, 0.2) is 5.72 Å². The maximum atomic E-state index is 11.6. The second kappa shape index (κ2) is 6.76. The summed E-state index contributed by atoms with van der Waals surface area (Å²) in [5, 5.41) is 20.7. The number of amides is 1. The van der Waals surface area contributed by atoms with Gasteiger partial charge in [-0.05, 0) is 48.4 Å². The molecule has 0 fully saturated rings. The van der Waals surface area contributed by atoms with Crippen LogP contribution >= 0.6 is 22.6 Å². The fourth-order valence-corrected chi connectivity index (χ4v) is 3.32.